The lowest BCUT2D eigenvalue weighted by Gasteiger charge is -2.14. The van der Waals surface area contributed by atoms with Gasteiger partial charge in [0.25, 0.3) is 5.91 Å². The summed E-state index contributed by atoms with van der Waals surface area (Å²) in [5.74, 6) is 1.14. The first-order valence-corrected chi connectivity index (χ1v) is 6.84. The van der Waals surface area contributed by atoms with Gasteiger partial charge in [0.2, 0.25) is 0 Å². The Morgan fingerprint density at radius 3 is 3.06 bits per heavy atom. The van der Waals surface area contributed by atoms with Crippen molar-refractivity contribution < 1.29 is 9.21 Å². The molecular weight excluding hydrogens is 228 g/mol. The number of hydrogen-bond donors (Lipinski definition) is 1. The lowest BCUT2D eigenvalue weighted by atomic mass is 10.0. The minimum Gasteiger partial charge on any atom is -0.459 e. The van der Waals surface area contributed by atoms with E-state index in [1.807, 2.05) is 4.90 Å². The Bertz CT molecular complexity index is 362. The van der Waals surface area contributed by atoms with Crippen LogP contribution in [0.15, 0.2) is 22.8 Å². The summed E-state index contributed by atoms with van der Waals surface area (Å²) in [5, 5.41) is 0. The van der Waals surface area contributed by atoms with E-state index in [0.717, 1.165) is 32.5 Å². The molecule has 1 amide bonds. The molecule has 1 aliphatic rings. The molecule has 2 heterocycles. The topological polar surface area (TPSA) is 59.5 Å². The number of hydrogen-bond acceptors (Lipinski definition) is 3. The van der Waals surface area contributed by atoms with Crippen LogP contribution in [0.5, 0.6) is 0 Å². The Labute approximate surface area is 108 Å². The molecule has 1 fully saturated rings. The maximum Gasteiger partial charge on any atom is 0.289 e. The van der Waals surface area contributed by atoms with E-state index in [-0.39, 0.29) is 5.91 Å². The number of nitrogens with zero attached hydrogens (tertiary/aromatic N) is 1. The summed E-state index contributed by atoms with van der Waals surface area (Å²) in [6.45, 7) is 2.52. The Balaban J connectivity index is 1.73. The maximum absolute atomic E-state index is 12.0. The standard InChI is InChI=1S/C14H22N2O2/c15-8-3-1-2-5-12-7-9-16(11-12)14(17)13-6-4-10-18-13/h4,6,10,12H,1-3,5,7-9,11,15H2. The number of nitrogens with two attached hydrogens (primary N) is 1. The van der Waals surface area contributed by atoms with Gasteiger partial charge >= 0.3 is 0 Å². The average molecular weight is 250 g/mol. The van der Waals surface area contributed by atoms with Crippen LogP contribution in [-0.2, 0) is 0 Å². The lowest BCUT2D eigenvalue weighted by Crippen LogP contribution is -2.28. The zero-order valence-corrected chi connectivity index (χ0v) is 10.8. The highest BCUT2D eigenvalue weighted by molar-refractivity contribution is 5.91. The second-order valence-electron chi connectivity index (χ2n) is 5.02. The minimum atomic E-state index is 0.0319. The van der Waals surface area contributed by atoms with Gasteiger partial charge in [-0.2, -0.15) is 0 Å². The van der Waals surface area contributed by atoms with E-state index in [1.54, 1.807) is 18.4 Å². The Morgan fingerprint density at radius 1 is 1.44 bits per heavy atom. The molecular formula is C14H22N2O2. The molecule has 4 nitrogen and oxygen atoms in total. The van der Waals surface area contributed by atoms with Crippen molar-refractivity contribution in [1.82, 2.24) is 4.90 Å². The van der Waals surface area contributed by atoms with Gasteiger partial charge in [-0.15, -0.1) is 0 Å². The summed E-state index contributed by atoms with van der Waals surface area (Å²) in [6, 6.07) is 3.49. The largest absolute Gasteiger partial charge is 0.459 e. The van der Waals surface area contributed by atoms with Crippen LogP contribution in [0.25, 0.3) is 0 Å². The van der Waals surface area contributed by atoms with Crippen molar-refractivity contribution in [3.8, 4) is 0 Å². The van der Waals surface area contributed by atoms with Crippen molar-refractivity contribution in [2.45, 2.75) is 32.1 Å². The molecule has 4 heteroatoms. The number of carbonyl (C=O) groups excluding carboxylic acids is 1. The van der Waals surface area contributed by atoms with Crippen molar-refractivity contribution in [2.24, 2.45) is 11.7 Å². The predicted molar refractivity (Wildman–Crippen MR) is 70.2 cm³/mol. The van der Waals surface area contributed by atoms with Crippen LogP contribution in [0.3, 0.4) is 0 Å². The van der Waals surface area contributed by atoms with E-state index in [4.69, 9.17) is 10.2 Å². The number of amides is 1. The molecule has 0 radical (unpaired) electrons. The van der Waals surface area contributed by atoms with Crippen molar-refractivity contribution in [3.05, 3.63) is 24.2 Å². The number of furan rings is 1. The average Bonchev–Trinajstić information content (AvgIpc) is 3.05. The summed E-state index contributed by atoms with van der Waals surface area (Å²) in [5.41, 5.74) is 5.48. The summed E-state index contributed by atoms with van der Waals surface area (Å²) < 4.78 is 5.15. The number of carbonyl (C=O) groups is 1. The third kappa shape index (κ3) is 3.35. The number of rotatable bonds is 6. The lowest BCUT2D eigenvalue weighted by molar-refractivity contribution is 0.0755. The highest BCUT2D eigenvalue weighted by Crippen LogP contribution is 2.23. The van der Waals surface area contributed by atoms with E-state index in [0.29, 0.717) is 11.7 Å². The van der Waals surface area contributed by atoms with E-state index in [2.05, 4.69) is 0 Å². The molecule has 2 rings (SSSR count). The zero-order valence-electron chi connectivity index (χ0n) is 10.8. The minimum absolute atomic E-state index is 0.0319. The van der Waals surface area contributed by atoms with E-state index < -0.39 is 0 Å². The molecule has 0 aromatic carbocycles. The van der Waals surface area contributed by atoms with E-state index >= 15 is 0 Å². The second-order valence-corrected chi connectivity index (χ2v) is 5.02. The summed E-state index contributed by atoms with van der Waals surface area (Å²) in [7, 11) is 0. The van der Waals surface area contributed by atoms with Gasteiger partial charge in [-0.3, -0.25) is 4.79 Å². The SMILES string of the molecule is NCCCCCC1CCN(C(=O)c2ccco2)C1. The fourth-order valence-corrected chi connectivity index (χ4v) is 2.56. The Morgan fingerprint density at radius 2 is 2.33 bits per heavy atom. The summed E-state index contributed by atoms with van der Waals surface area (Å²) in [6.07, 6.45) is 7.43. The van der Waals surface area contributed by atoms with Crippen molar-refractivity contribution in [3.63, 3.8) is 0 Å². The van der Waals surface area contributed by atoms with Crippen LogP contribution in [0.1, 0.15) is 42.7 Å². The predicted octanol–water partition coefficient (Wildman–Crippen LogP) is 2.26. The zero-order chi connectivity index (χ0) is 12.8. The molecule has 18 heavy (non-hydrogen) atoms. The van der Waals surface area contributed by atoms with Crippen molar-refractivity contribution in [2.75, 3.05) is 19.6 Å². The quantitative estimate of drug-likeness (QED) is 0.788. The molecule has 0 spiro atoms. The molecule has 100 valence electrons. The molecule has 1 aromatic heterocycles. The van der Waals surface area contributed by atoms with E-state index in [1.165, 1.54) is 19.3 Å². The maximum atomic E-state index is 12.0. The number of unbranched alkanes of at least 4 members (excludes halogenated alkanes) is 2. The third-order valence-electron chi connectivity index (χ3n) is 3.62. The highest BCUT2D eigenvalue weighted by Gasteiger charge is 2.27. The third-order valence-corrected chi connectivity index (χ3v) is 3.62. The monoisotopic (exact) mass is 250 g/mol. The molecule has 1 unspecified atom stereocenters. The Kier molecular flexibility index (Phi) is 4.81. The van der Waals surface area contributed by atoms with E-state index in [9.17, 15) is 4.79 Å². The number of likely N-dealkylation sites (tertiary alicyclic amines) is 1. The van der Waals surface area contributed by atoms with Crippen LogP contribution < -0.4 is 5.73 Å². The van der Waals surface area contributed by atoms with Crippen molar-refractivity contribution in [1.29, 1.82) is 0 Å². The van der Waals surface area contributed by atoms with Gasteiger partial charge in [-0.1, -0.05) is 12.8 Å². The first kappa shape index (κ1) is 13.1. The molecule has 1 aliphatic heterocycles. The highest BCUT2D eigenvalue weighted by atomic mass is 16.3. The fraction of sp³-hybridized carbons (Fsp3) is 0.643. The molecule has 1 aromatic rings. The first-order chi connectivity index (χ1) is 8.81. The van der Waals surface area contributed by atoms with Gasteiger partial charge in [0, 0.05) is 13.1 Å². The van der Waals surface area contributed by atoms with Gasteiger partial charge in [-0.25, -0.2) is 0 Å². The molecule has 0 saturated carbocycles. The molecule has 0 bridgehead atoms. The summed E-state index contributed by atoms with van der Waals surface area (Å²) >= 11 is 0. The first-order valence-electron chi connectivity index (χ1n) is 6.84. The van der Waals surface area contributed by atoms with Crippen LogP contribution >= 0.6 is 0 Å². The van der Waals surface area contributed by atoms with Crippen LogP contribution in [-0.4, -0.2) is 30.4 Å². The van der Waals surface area contributed by atoms with Gasteiger partial charge in [0.15, 0.2) is 5.76 Å². The molecule has 1 saturated heterocycles. The molecule has 2 N–H and O–H groups in total. The van der Waals surface area contributed by atoms with Gasteiger partial charge < -0.3 is 15.1 Å². The van der Waals surface area contributed by atoms with Crippen LogP contribution in [0, 0.1) is 5.92 Å². The summed E-state index contributed by atoms with van der Waals surface area (Å²) in [4.78, 5) is 14.0. The normalized spacial score (nSPS) is 19.4. The van der Waals surface area contributed by atoms with Crippen molar-refractivity contribution >= 4 is 5.91 Å². The second kappa shape index (κ2) is 6.59. The Hall–Kier alpha value is -1.29. The van der Waals surface area contributed by atoms with Gasteiger partial charge in [0.1, 0.15) is 0 Å². The van der Waals surface area contributed by atoms with Crippen LogP contribution in [0.4, 0.5) is 0 Å². The van der Waals surface area contributed by atoms with Gasteiger partial charge in [0.05, 0.1) is 6.26 Å². The van der Waals surface area contributed by atoms with Gasteiger partial charge in [-0.05, 0) is 43.9 Å². The smallest absolute Gasteiger partial charge is 0.289 e. The van der Waals surface area contributed by atoms with Crippen LogP contribution in [0.2, 0.25) is 0 Å². The molecule has 1 atom stereocenters. The molecule has 0 aliphatic carbocycles. The fourth-order valence-electron chi connectivity index (χ4n) is 2.56.